The summed E-state index contributed by atoms with van der Waals surface area (Å²) in [4.78, 5) is 6.36. The van der Waals surface area contributed by atoms with Crippen LogP contribution >= 0.6 is 11.3 Å². The highest BCUT2D eigenvalue weighted by atomic mass is 32.1. The zero-order valence-corrected chi connectivity index (χ0v) is 10.4. The molecule has 0 aliphatic rings. The Morgan fingerprint density at radius 1 is 1.41 bits per heavy atom. The number of amidine groups is 1. The summed E-state index contributed by atoms with van der Waals surface area (Å²) in [5, 5.41) is 10.4. The third kappa shape index (κ3) is 2.82. The normalized spacial score (nSPS) is 10.2. The summed E-state index contributed by atoms with van der Waals surface area (Å²) in [6, 6.07) is 7.64. The van der Waals surface area contributed by atoms with Crippen LogP contribution in [0.1, 0.15) is 10.6 Å². The Hall–Kier alpha value is -1.88. The highest BCUT2D eigenvalue weighted by Crippen LogP contribution is 2.17. The van der Waals surface area contributed by atoms with Gasteiger partial charge in [0.15, 0.2) is 0 Å². The molecule has 0 amide bonds. The molecule has 0 saturated carbocycles. The van der Waals surface area contributed by atoms with Gasteiger partial charge in [0.1, 0.15) is 10.8 Å². The van der Waals surface area contributed by atoms with Crippen molar-refractivity contribution in [1.82, 2.24) is 4.98 Å². The van der Waals surface area contributed by atoms with Crippen LogP contribution in [0.4, 0.5) is 5.69 Å². The van der Waals surface area contributed by atoms with E-state index < -0.39 is 0 Å². The molecule has 0 saturated heterocycles. The number of nitrogens with one attached hydrogen (secondary N) is 1. The monoisotopic (exact) mass is 246 g/mol. The lowest BCUT2D eigenvalue weighted by atomic mass is 10.2. The highest BCUT2D eigenvalue weighted by Gasteiger charge is 2.04. The summed E-state index contributed by atoms with van der Waals surface area (Å²) in [6.45, 7) is 0.789. The number of nitrogens with zero attached hydrogens (tertiary/aromatic N) is 2. The summed E-state index contributed by atoms with van der Waals surface area (Å²) < 4.78 is 0. The lowest BCUT2D eigenvalue weighted by molar-refractivity contribution is 0.910. The number of hydrogen-bond donors (Lipinski definition) is 2. The fourth-order valence-electron chi connectivity index (χ4n) is 1.52. The Bertz CT molecular complexity index is 490. The van der Waals surface area contributed by atoms with E-state index in [0.29, 0.717) is 0 Å². The molecular formula is C12H14N4S. The number of aromatic nitrogens is 1. The molecule has 0 fully saturated rings. The Kier molecular flexibility index (Phi) is 3.39. The second-order valence-corrected chi connectivity index (χ2v) is 4.72. The minimum atomic E-state index is 0.0964. The number of hydrogen-bond acceptors (Lipinski definition) is 4. The molecule has 4 nitrogen and oxygen atoms in total. The Morgan fingerprint density at radius 2 is 2.12 bits per heavy atom. The quantitative estimate of drug-likeness (QED) is 0.641. The zero-order chi connectivity index (χ0) is 12.3. The van der Waals surface area contributed by atoms with Crippen LogP contribution in [0.15, 0.2) is 35.8 Å². The first-order valence-corrected chi connectivity index (χ1v) is 6.09. The van der Waals surface area contributed by atoms with Gasteiger partial charge in [0.05, 0.1) is 6.54 Å². The van der Waals surface area contributed by atoms with E-state index in [1.807, 2.05) is 42.9 Å². The van der Waals surface area contributed by atoms with Crippen molar-refractivity contribution in [2.45, 2.75) is 6.54 Å². The molecule has 88 valence electrons. The number of anilines is 1. The summed E-state index contributed by atoms with van der Waals surface area (Å²) in [7, 11) is 2.02. The van der Waals surface area contributed by atoms with Crippen molar-refractivity contribution in [2.24, 2.45) is 5.73 Å². The van der Waals surface area contributed by atoms with E-state index in [2.05, 4.69) is 9.88 Å². The van der Waals surface area contributed by atoms with Crippen LogP contribution in [0, 0.1) is 5.41 Å². The number of nitrogens with two attached hydrogens (primary N) is 1. The summed E-state index contributed by atoms with van der Waals surface area (Å²) in [5.74, 6) is 0.0964. The molecule has 0 radical (unpaired) electrons. The molecule has 0 unspecified atom stereocenters. The number of benzene rings is 1. The topological polar surface area (TPSA) is 66.0 Å². The average Bonchev–Trinajstić information content (AvgIpc) is 2.82. The Morgan fingerprint density at radius 3 is 2.65 bits per heavy atom. The van der Waals surface area contributed by atoms with Gasteiger partial charge in [0.2, 0.25) is 0 Å². The predicted molar refractivity (Wildman–Crippen MR) is 71.7 cm³/mol. The van der Waals surface area contributed by atoms with Gasteiger partial charge in [-0.1, -0.05) is 0 Å². The summed E-state index contributed by atoms with van der Waals surface area (Å²) in [5.41, 5.74) is 7.25. The maximum absolute atomic E-state index is 7.33. The van der Waals surface area contributed by atoms with Crippen LogP contribution in [-0.4, -0.2) is 17.9 Å². The second-order valence-electron chi connectivity index (χ2n) is 3.74. The molecule has 5 heteroatoms. The second kappa shape index (κ2) is 4.97. The van der Waals surface area contributed by atoms with Crippen molar-refractivity contribution in [2.75, 3.05) is 11.9 Å². The van der Waals surface area contributed by atoms with Gasteiger partial charge in [-0.05, 0) is 24.3 Å². The van der Waals surface area contributed by atoms with E-state index in [0.717, 1.165) is 22.8 Å². The Balaban J connectivity index is 2.09. The van der Waals surface area contributed by atoms with Gasteiger partial charge in [0, 0.05) is 29.9 Å². The van der Waals surface area contributed by atoms with E-state index in [1.54, 1.807) is 11.3 Å². The third-order valence-corrected chi connectivity index (χ3v) is 3.24. The fraction of sp³-hybridized carbons (Fsp3) is 0.167. The van der Waals surface area contributed by atoms with Crippen molar-refractivity contribution in [3.63, 3.8) is 0 Å². The summed E-state index contributed by atoms with van der Waals surface area (Å²) >= 11 is 1.65. The molecule has 1 aromatic heterocycles. The molecule has 0 aliphatic heterocycles. The predicted octanol–water partition coefficient (Wildman–Crippen LogP) is 2.06. The molecule has 1 heterocycles. The lowest BCUT2D eigenvalue weighted by Crippen LogP contribution is -2.16. The van der Waals surface area contributed by atoms with Crippen LogP contribution in [0.2, 0.25) is 0 Å². The van der Waals surface area contributed by atoms with Crippen molar-refractivity contribution in [3.8, 4) is 0 Å². The average molecular weight is 246 g/mol. The first-order chi connectivity index (χ1) is 8.16. The van der Waals surface area contributed by atoms with E-state index >= 15 is 0 Å². The van der Waals surface area contributed by atoms with Crippen molar-refractivity contribution >= 4 is 22.9 Å². The van der Waals surface area contributed by atoms with E-state index in [4.69, 9.17) is 11.1 Å². The van der Waals surface area contributed by atoms with Crippen LogP contribution in [-0.2, 0) is 6.54 Å². The molecule has 17 heavy (non-hydrogen) atoms. The standard InChI is InChI=1S/C12H14N4S/c1-16(8-11-15-6-7-17-11)10-4-2-9(3-5-10)12(13)14/h2-7H,8H2,1H3,(H3,13,14). The SMILES string of the molecule is CN(Cc1nccs1)c1ccc(C(=N)N)cc1. The van der Waals surface area contributed by atoms with Gasteiger partial charge < -0.3 is 10.6 Å². The van der Waals surface area contributed by atoms with Gasteiger partial charge in [-0.3, -0.25) is 5.41 Å². The largest absolute Gasteiger partial charge is 0.384 e. The number of nitrogen functional groups attached to an aromatic ring is 1. The molecule has 1 aromatic carbocycles. The van der Waals surface area contributed by atoms with E-state index in [1.165, 1.54) is 0 Å². The van der Waals surface area contributed by atoms with E-state index in [-0.39, 0.29) is 5.84 Å². The number of rotatable bonds is 4. The molecular weight excluding hydrogens is 232 g/mol. The maximum Gasteiger partial charge on any atom is 0.122 e. The van der Waals surface area contributed by atoms with Gasteiger partial charge in [-0.15, -0.1) is 11.3 Å². The maximum atomic E-state index is 7.33. The smallest absolute Gasteiger partial charge is 0.122 e. The first-order valence-electron chi connectivity index (χ1n) is 5.21. The van der Waals surface area contributed by atoms with Crippen molar-refractivity contribution in [1.29, 1.82) is 5.41 Å². The Labute approximate surface area is 104 Å². The van der Waals surface area contributed by atoms with Crippen molar-refractivity contribution in [3.05, 3.63) is 46.4 Å². The van der Waals surface area contributed by atoms with Crippen LogP contribution < -0.4 is 10.6 Å². The molecule has 0 bridgehead atoms. The first kappa shape index (κ1) is 11.6. The minimum absolute atomic E-state index is 0.0964. The molecule has 0 aliphatic carbocycles. The molecule has 0 atom stereocenters. The molecule has 2 rings (SSSR count). The minimum Gasteiger partial charge on any atom is -0.384 e. The van der Waals surface area contributed by atoms with Gasteiger partial charge in [-0.2, -0.15) is 0 Å². The fourth-order valence-corrected chi connectivity index (χ4v) is 2.19. The lowest BCUT2D eigenvalue weighted by Gasteiger charge is -2.18. The van der Waals surface area contributed by atoms with E-state index in [9.17, 15) is 0 Å². The highest BCUT2D eigenvalue weighted by molar-refractivity contribution is 7.09. The third-order valence-electron chi connectivity index (χ3n) is 2.47. The number of thiazole rings is 1. The van der Waals surface area contributed by atoms with Crippen LogP contribution in [0.25, 0.3) is 0 Å². The summed E-state index contributed by atoms with van der Waals surface area (Å²) in [6.07, 6.45) is 1.81. The molecule has 2 aromatic rings. The van der Waals surface area contributed by atoms with Gasteiger partial charge >= 0.3 is 0 Å². The van der Waals surface area contributed by atoms with Gasteiger partial charge in [-0.25, -0.2) is 4.98 Å². The molecule has 0 spiro atoms. The van der Waals surface area contributed by atoms with Crippen molar-refractivity contribution < 1.29 is 0 Å². The van der Waals surface area contributed by atoms with Crippen LogP contribution in [0.5, 0.6) is 0 Å². The van der Waals surface area contributed by atoms with Crippen LogP contribution in [0.3, 0.4) is 0 Å². The molecule has 3 N–H and O–H groups in total. The van der Waals surface area contributed by atoms with Gasteiger partial charge in [0.25, 0.3) is 0 Å². The zero-order valence-electron chi connectivity index (χ0n) is 9.55.